The van der Waals surface area contributed by atoms with E-state index in [1.165, 1.54) is 16.4 Å². The van der Waals surface area contributed by atoms with Gasteiger partial charge in [0.2, 0.25) is 10.0 Å². The summed E-state index contributed by atoms with van der Waals surface area (Å²) in [5.74, 6) is -0.0908. The van der Waals surface area contributed by atoms with Crippen molar-refractivity contribution in [2.45, 2.75) is 62.7 Å². The second-order valence-electron chi connectivity index (χ2n) is 12.2. The van der Waals surface area contributed by atoms with Gasteiger partial charge in [-0.05, 0) is 54.2 Å². The highest BCUT2D eigenvalue weighted by Crippen LogP contribution is 2.33. The number of amides is 1. The molecule has 3 heterocycles. The molecular formula is C33H43N5O7S. The van der Waals surface area contributed by atoms with Crippen molar-refractivity contribution in [1.29, 1.82) is 0 Å². The van der Waals surface area contributed by atoms with Crippen LogP contribution in [0.25, 0.3) is 0 Å². The fraction of sp³-hybridized carbons (Fsp3) is 0.455. The molecule has 0 aliphatic carbocycles. The Morgan fingerprint density at radius 3 is 2.63 bits per heavy atom. The van der Waals surface area contributed by atoms with E-state index >= 15 is 0 Å². The number of rotatable bonds is 14. The molecule has 12 nitrogen and oxygen atoms in total. The van der Waals surface area contributed by atoms with Crippen molar-refractivity contribution in [2.24, 2.45) is 11.8 Å². The van der Waals surface area contributed by atoms with Crippen LogP contribution in [0.4, 0.5) is 16.2 Å². The van der Waals surface area contributed by atoms with E-state index in [1.54, 1.807) is 18.5 Å². The molecule has 0 saturated carbocycles. The molecule has 2 aliphatic heterocycles. The minimum Gasteiger partial charge on any atom is -0.443 e. The van der Waals surface area contributed by atoms with Crippen LogP contribution in [-0.4, -0.2) is 79.7 Å². The number of alkyl carbamates (subject to hydrolysis) is 1. The molecule has 3 aromatic rings. The number of anilines is 2. The van der Waals surface area contributed by atoms with Crippen LogP contribution >= 0.6 is 0 Å². The number of carbonyl (C=O) groups is 1. The zero-order chi connectivity index (χ0) is 32.7. The van der Waals surface area contributed by atoms with Crippen molar-refractivity contribution in [1.82, 2.24) is 14.6 Å². The monoisotopic (exact) mass is 653 g/mol. The Kier molecular flexibility index (Phi) is 11.1. The molecule has 0 unspecified atom stereocenters. The van der Waals surface area contributed by atoms with Gasteiger partial charge in [-0.1, -0.05) is 50.2 Å². The Morgan fingerprint density at radius 1 is 1.11 bits per heavy atom. The smallest absolute Gasteiger partial charge is 0.407 e. The lowest BCUT2D eigenvalue weighted by Crippen LogP contribution is -2.51. The molecule has 2 fully saturated rings. The van der Waals surface area contributed by atoms with Crippen molar-refractivity contribution in [3.05, 3.63) is 84.2 Å². The topological polar surface area (TPSA) is 165 Å². The van der Waals surface area contributed by atoms with Gasteiger partial charge in [0.05, 0.1) is 47.5 Å². The van der Waals surface area contributed by atoms with E-state index in [0.29, 0.717) is 24.5 Å². The van der Waals surface area contributed by atoms with E-state index < -0.39 is 34.4 Å². The van der Waals surface area contributed by atoms with Crippen LogP contribution in [0.2, 0.25) is 0 Å². The summed E-state index contributed by atoms with van der Waals surface area (Å²) in [6.07, 6.45) is 1.56. The van der Waals surface area contributed by atoms with Crippen LogP contribution < -0.4 is 16.4 Å². The summed E-state index contributed by atoms with van der Waals surface area (Å²) >= 11 is 0. The first kappa shape index (κ1) is 33.6. The number of benzene rings is 2. The highest BCUT2D eigenvalue weighted by Gasteiger charge is 2.44. The highest BCUT2D eigenvalue weighted by atomic mass is 32.2. The van der Waals surface area contributed by atoms with Gasteiger partial charge in [-0.3, -0.25) is 4.98 Å². The lowest BCUT2D eigenvalue weighted by atomic mass is 10.0. The number of nitrogens with zero attached hydrogens (tertiary/aromatic N) is 2. The average molecular weight is 654 g/mol. The van der Waals surface area contributed by atoms with Gasteiger partial charge in [0.1, 0.15) is 6.10 Å². The molecule has 13 heteroatoms. The fourth-order valence-electron chi connectivity index (χ4n) is 5.73. The molecule has 1 aromatic heterocycles. The number of sulfonamides is 1. The molecule has 5 N–H and O–H groups in total. The van der Waals surface area contributed by atoms with Gasteiger partial charge in [0.25, 0.3) is 0 Å². The molecular weight excluding hydrogens is 610 g/mol. The maximum Gasteiger partial charge on any atom is 0.407 e. The van der Waals surface area contributed by atoms with Crippen LogP contribution in [0.15, 0.2) is 78.0 Å². The number of aliphatic hydroxyl groups is 1. The summed E-state index contributed by atoms with van der Waals surface area (Å²) in [6.45, 7) is 4.87. The second kappa shape index (κ2) is 15.2. The number of pyridine rings is 1. The maximum atomic E-state index is 14.1. The quantitative estimate of drug-likeness (QED) is 0.190. The normalized spacial score (nSPS) is 20.8. The Morgan fingerprint density at radius 2 is 1.89 bits per heavy atom. The number of fused-ring (bicyclic) bond motifs is 1. The van der Waals surface area contributed by atoms with Crippen LogP contribution in [0, 0.1) is 11.8 Å². The van der Waals surface area contributed by atoms with Crippen LogP contribution in [0.5, 0.6) is 0 Å². The van der Waals surface area contributed by atoms with E-state index in [9.17, 15) is 18.3 Å². The van der Waals surface area contributed by atoms with Crippen molar-refractivity contribution < 1.29 is 32.5 Å². The summed E-state index contributed by atoms with van der Waals surface area (Å²) < 4.78 is 46.2. The van der Waals surface area contributed by atoms with E-state index in [1.807, 2.05) is 56.3 Å². The third-order valence-electron chi connectivity index (χ3n) is 8.14. The molecule has 0 bridgehead atoms. The first-order chi connectivity index (χ1) is 22.1. The zero-order valence-corrected chi connectivity index (χ0v) is 26.9. The molecule has 2 saturated heterocycles. The SMILES string of the molecule is CC(C)CN(C[C@@H](O)[C@H](Cc1ccccc1)NC(=O)O[C@H]1CO[C@H]2OCC[C@H]21)S(=O)(=O)c1ccc(N)c(NCc2cccnc2)c1. The number of aliphatic hydroxyl groups excluding tert-OH is 1. The second-order valence-corrected chi connectivity index (χ2v) is 14.1. The fourth-order valence-corrected chi connectivity index (χ4v) is 7.38. The van der Waals surface area contributed by atoms with Gasteiger partial charge in [-0.15, -0.1) is 0 Å². The van der Waals surface area contributed by atoms with Crippen LogP contribution in [-0.2, 0) is 37.2 Å². The third-order valence-corrected chi connectivity index (χ3v) is 9.97. The van der Waals surface area contributed by atoms with Gasteiger partial charge in [-0.2, -0.15) is 4.31 Å². The minimum absolute atomic E-state index is 0.0322. The van der Waals surface area contributed by atoms with Gasteiger partial charge >= 0.3 is 6.09 Å². The van der Waals surface area contributed by atoms with Gasteiger partial charge in [0, 0.05) is 32.0 Å². The average Bonchev–Trinajstić information content (AvgIpc) is 3.66. The number of carbonyl (C=O) groups excluding carboxylic acids is 1. The lowest BCUT2D eigenvalue weighted by Gasteiger charge is -2.31. The molecule has 5 atom stereocenters. The largest absolute Gasteiger partial charge is 0.443 e. The van der Waals surface area contributed by atoms with Crippen molar-refractivity contribution in [3.63, 3.8) is 0 Å². The summed E-state index contributed by atoms with van der Waals surface area (Å²) in [6, 6.07) is 16.8. The number of aromatic nitrogens is 1. The molecule has 5 rings (SSSR count). The van der Waals surface area contributed by atoms with Crippen molar-refractivity contribution >= 4 is 27.5 Å². The molecule has 1 amide bonds. The summed E-state index contributed by atoms with van der Waals surface area (Å²) in [5, 5.41) is 17.6. The van der Waals surface area contributed by atoms with Crippen LogP contribution in [0.3, 0.4) is 0 Å². The number of ether oxygens (including phenoxy) is 3. The molecule has 0 radical (unpaired) electrons. The van der Waals surface area contributed by atoms with Crippen molar-refractivity contribution in [3.8, 4) is 0 Å². The van der Waals surface area contributed by atoms with Gasteiger partial charge < -0.3 is 35.7 Å². The minimum atomic E-state index is -4.09. The summed E-state index contributed by atoms with van der Waals surface area (Å²) in [5.41, 5.74) is 8.82. The first-order valence-electron chi connectivity index (χ1n) is 15.5. The third kappa shape index (κ3) is 8.53. The van der Waals surface area contributed by atoms with Crippen LogP contribution in [0.1, 0.15) is 31.4 Å². The standard InChI is InChI=1S/C33H43N5O7S/c1-22(2)19-38(46(41,42)25-10-11-27(34)28(16-25)36-18-24-9-6-13-35-17-24)20-30(39)29(15-23-7-4-3-5-8-23)37-33(40)45-31-21-44-32-26(31)12-14-43-32/h3-11,13,16-17,22,26,29-32,36,39H,12,14-15,18-21,34H2,1-2H3,(H,37,40)/t26-,29-,30+,31-,32+/m0/s1. The number of nitrogens with two attached hydrogens (primary N) is 1. The summed E-state index contributed by atoms with van der Waals surface area (Å²) in [4.78, 5) is 17.3. The highest BCUT2D eigenvalue weighted by molar-refractivity contribution is 7.89. The zero-order valence-electron chi connectivity index (χ0n) is 26.1. The Hall–Kier alpha value is -3.75. The Balaban J connectivity index is 1.33. The Labute approximate surface area is 270 Å². The number of hydrogen-bond acceptors (Lipinski definition) is 10. The van der Waals surface area contributed by atoms with Gasteiger partial charge in [0.15, 0.2) is 6.29 Å². The molecule has 2 aliphatic rings. The molecule has 0 spiro atoms. The lowest BCUT2D eigenvalue weighted by molar-refractivity contribution is -0.0907. The van der Waals surface area contributed by atoms with Gasteiger partial charge in [-0.25, -0.2) is 13.2 Å². The van der Waals surface area contributed by atoms with E-state index in [0.717, 1.165) is 17.5 Å². The van der Waals surface area contributed by atoms with E-state index in [2.05, 4.69) is 15.6 Å². The number of nitrogen functional groups attached to an aromatic ring is 1. The van der Waals surface area contributed by atoms with E-state index in [4.69, 9.17) is 19.9 Å². The Bertz CT molecular complexity index is 1540. The maximum absolute atomic E-state index is 14.1. The predicted molar refractivity (Wildman–Crippen MR) is 173 cm³/mol. The van der Waals surface area contributed by atoms with E-state index in [-0.39, 0.29) is 49.1 Å². The number of nitrogens with one attached hydrogen (secondary N) is 2. The molecule has 248 valence electrons. The molecule has 2 aromatic carbocycles. The molecule has 46 heavy (non-hydrogen) atoms. The summed E-state index contributed by atoms with van der Waals surface area (Å²) in [7, 11) is -4.09. The predicted octanol–water partition coefficient (Wildman–Crippen LogP) is 3.38. The number of hydrogen-bond donors (Lipinski definition) is 4. The van der Waals surface area contributed by atoms with Crippen molar-refractivity contribution in [2.75, 3.05) is 37.4 Å². The first-order valence-corrected chi connectivity index (χ1v) is 17.0.